The zero-order chi connectivity index (χ0) is 14.6. The Balaban J connectivity index is 3.01. The van der Waals surface area contributed by atoms with Crippen LogP contribution in [0.15, 0.2) is 12.3 Å². The minimum absolute atomic E-state index is 0.0724. The lowest BCUT2D eigenvalue weighted by Gasteiger charge is -2.23. The molecule has 0 atom stereocenters. The minimum atomic E-state index is -1.28. The van der Waals surface area contributed by atoms with Crippen LogP contribution in [0.25, 0.3) is 0 Å². The van der Waals surface area contributed by atoms with Crippen LogP contribution >= 0.6 is 0 Å². The maximum Gasteiger partial charge on any atom is 0.339 e. The van der Waals surface area contributed by atoms with E-state index in [4.69, 9.17) is 9.84 Å². The molecule has 19 heavy (non-hydrogen) atoms. The van der Waals surface area contributed by atoms with E-state index in [1.165, 1.54) is 7.11 Å². The van der Waals surface area contributed by atoms with Crippen molar-refractivity contribution in [3.63, 3.8) is 0 Å². The number of ether oxygens (including phenoxy) is 1. The third kappa shape index (κ3) is 3.88. The van der Waals surface area contributed by atoms with E-state index in [9.17, 15) is 14.9 Å². The predicted molar refractivity (Wildman–Crippen MR) is 67.4 cm³/mol. The number of anilines is 1. The van der Waals surface area contributed by atoms with E-state index < -0.39 is 16.5 Å². The van der Waals surface area contributed by atoms with Crippen molar-refractivity contribution in [1.29, 1.82) is 0 Å². The van der Waals surface area contributed by atoms with E-state index >= 15 is 0 Å². The molecule has 0 radical (unpaired) electrons. The van der Waals surface area contributed by atoms with E-state index in [0.717, 1.165) is 12.3 Å². The number of nitrogens with zero attached hydrogens (tertiary/aromatic N) is 2. The molecule has 0 aliphatic heterocycles. The summed E-state index contributed by atoms with van der Waals surface area (Å²) >= 11 is 0. The quantitative estimate of drug-likeness (QED) is 0.594. The molecule has 0 unspecified atom stereocenters. The lowest BCUT2D eigenvalue weighted by molar-refractivity contribution is -0.385. The largest absolute Gasteiger partial charge is 0.478 e. The number of hydrogen-bond acceptors (Lipinski definition) is 6. The molecule has 1 aromatic heterocycles. The normalized spacial score (nSPS) is 11.1. The third-order valence-corrected chi connectivity index (χ3v) is 2.55. The first-order valence-corrected chi connectivity index (χ1v) is 5.43. The summed E-state index contributed by atoms with van der Waals surface area (Å²) in [6.07, 6.45) is 1.01. The number of methoxy groups -OCH3 is 1. The zero-order valence-electron chi connectivity index (χ0n) is 10.8. The fourth-order valence-electron chi connectivity index (χ4n) is 1.23. The summed E-state index contributed by atoms with van der Waals surface area (Å²) in [6.45, 7) is 3.94. The number of carboxylic acids is 1. The van der Waals surface area contributed by atoms with E-state index in [2.05, 4.69) is 10.3 Å². The highest BCUT2D eigenvalue weighted by molar-refractivity contribution is 5.93. The molecule has 1 aromatic rings. The number of hydrogen-bond donors (Lipinski definition) is 2. The van der Waals surface area contributed by atoms with Crippen molar-refractivity contribution in [2.45, 2.75) is 19.4 Å². The molecule has 0 fully saturated rings. The van der Waals surface area contributed by atoms with Gasteiger partial charge in [-0.25, -0.2) is 9.78 Å². The molecular formula is C11H15N3O5. The summed E-state index contributed by atoms with van der Waals surface area (Å²) < 4.78 is 5.18. The number of carboxylic acid groups (broad SMARTS) is 1. The van der Waals surface area contributed by atoms with Crippen molar-refractivity contribution in [3.05, 3.63) is 27.9 Å². The molecule has 1 rings (SSSR count). The molecule has 0 amide bonds. The topological polar surface area (TPSA) is 115 Å². The van der Waals surface area contributed by atoms with Crippen molar-refractivity contribution < 1.29 is 19.6 Å². The lowest BCUT2D eigenvalue weighted by atomic mass is 10.1. The van der Waals surface area contributed by atoms with Crippen molar-refractivity contribution in [2.24, 2.45) is 0 Å². The van der Waals surface area contributed by atoms with Crippen molar-refractivity contribution in [2.75, 3.05) is 19.0 Å². The fourth-order valence-corrected chi connectivity index (χ4v) is 1.23. The summed E-state index contributed by atoms with van der Waals surface area (Å²) in [5.74, 6) is -1.21. The maximum absolute atomic E-state index is 11.1. The van der Waals surface area contributed by atoms with Gasteiger partial charge in [0, 0.05) is 19.7 Å². The van der Waals surface area contributed by atoms with Gasteiger partial charge in [0.25, 0.3) is 5.69 Å². The lowest BCUT2D eigenvalue weighted by Crippen LogP contribution is -2.32. The molecule has 0 aromatic carbocycles. The smallest absolute Gasteiger partial charge is 0.339 e. The molecule has 8 nitrogen and oxygen atoms in total. The molecule has 0 spiro atoms. The summed E-state index contributed by atoms with van der Waals surface area (Å²) in [5, 5.41) is 22.4. The highest BCUT2D eigenvalue weighted by Crippen LogP contribution is 2.20. The minimum Gasteiger partial charge on any atom is -0.478 e. The molecule has 2 N–H and O–H groups in total. The zero-order valence-corrected chi connectivity index (χ0v) is 10.8. The molecule has 0 aliphatic carbocycles. The van der Waals surface area contributed by atoms with Gasteiger partial charge in [-0.2, -0.15) is 0 Å². The molecule has 0 saturated heterocycles. The molecular weight excluding hydrogens is 254 g/mol. The van der Waals surface area contributed by atoms with Crippen LogP contribution in [0.2, 0.25) is 0 Å². The summed E-state index contributed by atoms with van der Waals surface area (Å²) in [6, 6.07) is 0.970. The Morgan fingerprint density at radius 2 is 2.26 bits per heavy atom. The standard InChI is InChI=1S/C11H15N3O5/c1-11(2,19-3)6-13-9-8(10(15)16)4-7(5-12-9)14(17)18/h4-5H,6H2,1-3H3,(H,12,13)(H,15,16). The summed E-state index contributed by atoms with van der Waals surface area (Å²) in [5.41, 5.74) is -1.13. The Kier molecular flexibility index (Phi) is 4.38. The number of nitro groups is 1. The Morgan fingerprint density at radius 3 is 2.74 bits per heavy atom. The van der Waals surface area contributed by atoms with E-state index in [-0.39, 0.29) is 17.1 Å². The van der Waals surface area contributed by atoms with Crippen molar-refractivity contribution in [1.82, 2.24) is 4.98 Å². The number of aromatic nitrogens is 1. The van der Waals surface area contributed by atoms with Gasteiger partial charge >= 0.3 is 5.97 Å². The second-order valence-corrected chi connectivity index (χ2v) is 4.47. The first-order valence-electron chi connectivity index (χ1n) is 5.43. The van der Waals surface area contributed by atoms with Crippen LogP contribution in [0.3, 0.4) is 0 Å². The molecule has 0 bridgehead atoms. The SMILES string of the molecule is COC(C)(C)CNc1ncc([N+](=O)[O-])cc1C(=O)O. The van der Waals surface area contributed by atoms with Crippen LogP contribution in [-0.4, -0.2) is 40.2 Å². The number of aromatic carboxylic acids is 1. The first kappa shape index (κ1) is 14.8. The fraction of sp³-hybridized carbons (Fsp3) is 0.455. The highest BCUT2D eigenvalue weighted by atomic mass is 16.6. The molecule has 0 saturated carbocycles. The second kappa shape index (κ2) is 5.61. The molecule has 104 valence electrons. The Hall–Kier alpha value is -2.22. The predicted octanol–water partition coefficient (Wildman–Crippen LogP) is 1.52. The van der Waals surface area contributed by atoms with Crippen LogP contribution in [0, 0.1) is 10.1 Å². The van der Waals surface area contributed by atoms with Gasteiger partial charge in [-0.1, -0.05) is 0 Å². The van der Waals surface area contributed by atoms with Gasteiger partial charge in [0.1, 0.15) is 17.6 Å². The first-order chi connectivity index (χ1) is 8.76. The van der Waals surface area contributed by atoms with Gasteiger partial charge in [-0.3, -0.25) is 10.1 Å². The molecule has 8 heteroatoms. The van der Waals surface area contributed by atoms with Gasteiger partial charge in [0.15, 0.2) is 0 Å². The van der Waals surface area contributed by atoms with Gasteiger partial charge in [-0.15, -0.1) is 0 Å². The monoisotopic (exact) mass is 269 g/mol. The van der Waals surface area contributed by atoms with Crippen LogP contribution in [0.1, 0.15) is 24.2 Å². The number of rotatable bonds is 6. The van der Waals surface area contributed by atoms with Gasteiger partial charge in [0.05, 0.1) is 10.5 Å². The van der Waals surface area contributed by atoms with E-state index in [0.29, 0.717) is 6.54 Å². The van der Waals surface area contributed by atoms with E-state index in [1.54, 1.807) is 0 Å². The van der Waals surface area contributed by atoms with Gasteiger partial charge in [-0.05, 0) is 13.8 Å². The van der Waals surface area contributed by atoms with Crippen LogP contribution < -0.4 is 5.32 Å². The Morgan fingerprint density at radius 1 is 1.63 bits per heavy atom. The van der Waals surface area contributed by atoms with Crippen molar-refractivity contribution >= 4 is 17.5 Å². The summed E-state index contributed by atoms with van der Waals surface area (Å²) in [4.78, 5) is 24.7. The van der Waals surface area contributed by atoms with Crippen molar-refractivity contribution in [3.8, 4) is 0 Å². The number of carbonyl (C=O) groups is 1. The molecule has 0 aliphatic rings. The van der Waals surface area contributed by atoms with E-state index in [1.807, 2.05) is 13.8 Å². The van der Waals surface area contributed by atoms with Crippen LogP contribution in [0.5, 0.6) is 0 Å². The highest BCUT2D eigenvalue weighted by Gasteiger charge is 2.21. The average Bonchev–Trinajstić information content (AvgIpc) is 2.36. The third-order valence-electron chi connectivity index (χ3n) is 2.55. The number of nitrogens with one attached hydrogen (secondary N) is 1. The molecule has 1 heterocycles. The second-order valence-electron chi connectivity index (χ2n) is 4.47. The van der Waals surface area contributed by atoms with Gasteiger partial charge < -0.3 is 15.2 Å². The Labute approximate surface area is 109 Å². The Bertz CT molecular complexity index is 501. The van der Waals surface area contributed by atoms with Gasteiger partial charge in [0.2, 0.25) is 0 Å². The number of pyridine rings is 1. The van der Waals surface area contributed by atoms with Crippen LogP contribution in [0.4, 0.5) is 11.5 Å². The maximum atomic E-state index is 11.1. The van der Waals surface area contributed by atoms with Crippen LogP contribution in [-0.2, 0) is 4.74 Å². The summed E-state index contributed by atoms with van der Waals surface area (Å²) in [7, 11) is 1.53. The average molecular weight is 269 g/mol.